The number of anilines is 1. The number of benzene rings is 2. The monoisotopic (exact) mass is 497 g/mol. The van der Waals surface area contributed by atoms with Gasteiger partial charge in [-0.25, -0.2) is 0 Å². The van der Waals surface area contributed by atoms with Crippen LogP contribution in [0.5, 0.6) is 5.75 Å². The van der Waals surface area contributed by atoms with Crippen LogP contribution in [0, 0.1) is 11.3 Å². The molecule has 0 spiro atoms. The van der Waals surface area contributed by atoms with Gasteiger partial charge in [0, 0.05) is 18.8 Å². The molecule has 3 rings (SSSR count). The van der Waals surface area contributed by atoms with Crippen LogP contribution in [-0.4, -0.2) is 49.6 Å². The molecule has 0 aromatic heterocycles. The average molecular weight is 498 g/mol. The first kappa shape index (κ1) is 23.5. The third kappa shape index (κ3) is 6.42. The Hall–Kier alpha value is -3.15. The molecular weight excluding hydrogens is 474 g/mol. The fourth-order valence-electron chi connectivity index (χ4n) is 3.10. The Morgan fingerprint density at radius 1 is 1.22 bits per heavy atom. The van der Waals surface area contributed by atoms with Gasteiger partial charge in [-0.2, -0.15) is 5.26 Å². The lowest BCUT2D eigenvalue weighted by Crippen LogP contribution is -2.43. The minimum absolute atomic E-state index is 0.0207. The highest BCUT2D eigenvalue weighted by Crippen LogP contribution is 2.27. The highest BCUT2D eigenvalue weighted by Gasteiger charge is 2.17. The van der Waals surface area contributed by atoms with Crippen LogP contribution in [0.4, 0.5) is 5.69 Å². The number of ether oxygens (including phenoxy) is 2. The minimum Gasteiger partial charge on any atom is -0.483 e. The number of hydrogen-bond acceptors (Lipinski definition) is 5. The van der Waals surface area contributed by atoms with Crippen LogP contribution in [-0.2, 0) is 20.7 Å². The first-order chi connectivity index (χ1) is 15.5. The number of rotatable bonds is 7. The SMILES string of the molecule is CCc1ccc(NC(=O)/C(C#N)=C\c2ccc(OCC(=O)N3CCOCC3)c(Br)c2)cc1. The Labute approximate surface area is 195 Å². The van der Waals surface area contributed by atoms with Crippen molar-refractivity contribution in [3.63, 3.8) is 0 Å². The van der Waals surface area contributed by atoms with Gasteiger partial charge in [-0.1, -0.05) is 25.1 Å². The van der Waals surface area contributed by atoms with E-state index in [1.54, 1.807) is 23.1 Å². The van der Waals surface area contributed by atoms with Gasteiger partial charge >= 0.3 is 0 Å². The molecule has 0 radical (unpaired) electrons. The lowest BCUT2D eigenvalue weighted by molar-refractivity contribution is -0.137. The number of halogens is 1. The molecule has 0 unspecified atom stereocenters. The van der Waals surface area contributed by atoms with Gasteiger partial charge in [-0.05, 0) is 63.8 Å². The lowest BCUT2D eigenvalue weighted by atomic mass is 10.1. The summed E-state index contributed by atoms with van der Waals surface area (Å²) < 4.78 is 11.5. The first-order valence-corrected chi connectivity index (χ1v) is 11.1. The molecular formula is C24H24BrN3O4. The van der Waals surface area contributed by atoms with E-state index in [1.807, 2.05) is 30.3 Å². The van der Waals surface area contributed by atoms with E-state index >= 15 is 0 Å². The van der Waals surface area contributed by atoms with Crippen LogP contribution in [0.25, 0.3) is 6.08 Å². The van der Waals surface area contributed by atoms with Crippen molar-refractivity contribution in [2.75, 3.05) is 38.2 Å². The number of nitrogens with zero attached hydrogens (tertiary/aromatic N) is 2. The topological polar surface area (TPSA) is 91.7 Å². The second-order valence-corrected chi connectivity index (χ2v) is 8.00. The molecule has 166 valence electrons. The van der Waals surface area contributed by atoms with E-state index < -0.39 is 5.91 Å². The van der Waals surface area contributed by atoms with E-state index in [9.17, 15) is 14.9 Å². The summed E-state index contributed by atoms with van der Waals surface area (Å²) in [4.78, 5) is 26.4. The number of carbonyl (C=O) groups excluding carboxylic acids is 2. The Balaban J connectivity index is 1.63. The van der Waals surface area contributed by atoms with E-state index in [0.717, 1.165) is 12.0 Å². The summed E-state index contributed by atoms with van der Waals surface area (Å²) in [6.07, 6.45) is 2.41. The quantitative estimate of drug-likeness (QED) is 0.463. The zero-order chi connectivity index (χ0) is 22.9. The van der Waals surface area contributed by atoms with E-state index in [1.165, 1.54) is 6.08 Å². The van der Waals surface area contributed by atoms with E-state index in [-0.39, 0.29) is 18.1 Å². The summed E-state index contributed by atoms with van der Waals surface area (Å²) in [7, 11) is 0. The summed E-state index contributed by atoms with van der Waals surface area (Å²) in [5, 5.41) is 12.2. The Morgan fingerprint density at radius 3 is 2.56 bits per heavy atom. The maximum atomic E-state index is 12.5. The van der Waals surface area contributed by atoms with Gasteiger partial charge in [-0.15, -0.1) is 0 Å². The molecule has 0 aliphatic carbocycles. The molecule has 1 saturated heterocycles. The molecule has 1 fully saturated rings. The molecule has 0 bridgehead atoms. The van der Waals surface area contributed by atoms with Crippen molar-refractivity contribution in [2.45, 2.75) is 13.3 Å². The van der Waals surface area contributed by atoms with Crippen LogP contribution < -0.4 is 10.1 Å². The Kier molecular flexibility index (Phi) is 8.42. The molecule has 1 N–H and O–H groups in total. The molecule has 1 heterocycles. The Morgan fingerprint density at radius 2 is 1.94 bits per heavy atom. The highest BCUT2D eigenvalue weighted by atomic mass is 79.9. The van der Waals surface area contributed by atoms with Crippen LogP contribution in [0.2, 0.25) is 0 Å². The maximum absolute atomic E-state index is 12.5. The van der Waals surface area contributed by atoms with Crippen molar-refractivity contribution in [1.29, 1.82) is 5.26 Å². The van der Waals surface area contributed by atoms with E-state index in [4.69, 9.17) is 9.47 Å². The molecule has 0 saturated carbocycles. The second-order valence-electron chi connectivity index (χ2n) is 7.15. The number of nitriles is 1. The number of carbonyl (C=O) groups is 2. The second kappa shape index (κ2) is 11.5. The minimum atomic E-state index is -0.482. The molecule has 1 aliphatic rings. The Bertz CT molecular complexity index is 1040. The third-order valence-electron chi connectivity index (χ3n) is 4.97. The third-order valence-corrected chi connectivity index (χ3v) is 5.59. The number of hydrogen-bond donors (Lipinski definition) is 1. The smallest absolute Gasteiger partial charge is 0.266 e. The van der Waals surface area contributed by atoms with E-state index in [0.29, 0.717) is 47.8 Å². The summed E-state index contributed by atoms with van der Waals surface area (Å²) in [5.74, 6) is -0.0772. The van der Waals surface area contributed by atoms with Crippen molar-refractivity contribution >= 4 is 39.5 Å². The highest BCUT2D eigenvalue weighted by molar-refractivity contribution is 9.10. The van der Waals surface area contributed by atoms with Gasteiger partial charge in [0.05, 0.1) is 17.7 Å². The van der Waals surface area contributed by atoms with Gasteiger partial charge in [-0.3, -0.25) is 9.59 Å². The van der Waals surface area contributed by atoms with Crippen LogP contribution in [0.3, 0.4) is 0 Å². The summed E-state index contributed by atoms with van der Waals surface area (Å²) in [6.45, 7) is 4.19. The van der Waals surface area contributed by atoms with Gasteiger partial charge in [0.1, 0.15) is 17.4 Å². The van der Waals surface area contributed by atoms with Crippen LogP contribution in [0.15, 0.2) is 52.5 Å². The van der Waals surface area contributed by atoms with Crippen LogP contribution in [0.1, 0.15) is 18.1 Å². The van der Waals surface area contributed by atoms with Crippen molar-refractivity contribution < 1.29 is 19.1 Å². The molecule has 0 atom stereocenters. The van der Waals surface area contributed by atoms with Gasteiger partial charge in [0.2, 0.25) is 0 Å². The molecule has 8 heteroatoms. The molecule has 7 nitrogen and oxygen atoms in total. The maximum Gasteiger partial charge on any atom is 0.266 e. The molecule has 32 heavy (non-hydrogen) atoms. The fourth-order valence-corrected chi connectivity index (χ4v) is 3.62. The number of aryl methyl sites for hydroxylation is 1. The number of amides is 2. The van der Waals surface area contributed by atoms with Gasteiger partial charge < -0.3 is 19.7 Å². The van der Waals surface area contributed by atoms with Gasteiger partial charge in [0.25, 0.3) is 11.8 Å². The average Bonchev–Trinajstić information content (AvgIpc) is 2.82. The standard InChI is InChI=1S/C24H24BrN3O4/c1-2-17-3-6-20(7-4-17)27-24(30)19(15-26)13-18-5-8-22(21(25)14-18)32-16-23(29)28-9-11-31-12-10-28/h3-8,13-14H,2,9-12,16H2,1H3,(H,27,30)/b19-13-. The van der Waals surface area contributed by atoms with E-state index in [2.05, 4.69) is 28.2 Å². The number of morpholine rings is 1. The predicted molar refractivity (Wildman–Crippen MR) is 125 cm³/mol. The van der Waals surface area contributed by atoms with Crippen molar-refractivity contribution in [1.82, 2.24) is 4.90 Å². The lowest BCUT2D eigenvalue weighted by Gasteiger charge is -2.26. The normalized spacial score (nSPS) is 13.9. The zero-order valence-electron chi connectivity index (χ0n) is 17.8. The molecule has 2 aromatic carbocycles. The summed E-state index contributed by atoms with van der Waals surface area (Å²) in [6, 6.07) is 14.6. The fraction of sp³-hybridized carbons (Fsp3) is 0.292. The largest absolute Gasteiger partial charge is 0.483 e. The first-order valence-electron chi connectivity index (χ1n) is 10.3. The summed E-state index contributed by atoms with van der Waals surface area (Å²) >= 11 is 3.43. The van der Waals surface area contributed by atoms with Crippen molar-refractivity contribution in [3.05, 3.63) is 63.6 Å². The van der Waals surface area contributed by atoms with Crippen LogP contribution >= 0.6 is 15.9 Å². The number of nitrogens with one attached hydrogen (secondary N) is 1. The molecule has 2 amide bonds. The zero-order valence-corrected chi connectivity index (χ0v) is 19.4. The molecule has 1 aliphatic heterocycles. The summed E-state index contributed by atoms with van der Waals surface area (Å²) in [5.41, 5.74) is 2.42. The van der Waals surface area contributed by atoms with Crippen molar-refractivity contribution in [2.24, 2.45) is 0 Å². The van der Waals surface area contributed by atoms with Crippen molar-refractivity contribution in [3.8, 4) is 11.8 Å². The predicted octanol–water partition coefficient (Wildman–Crippen LogP) is 3.79. The molecule has 2 aromatic rings. The van der Waals surface area contributed by atoms with Gasteiger partial charge in [0.15, 0.2) is 6.61 Å².